The quantitative estimate of drug-likeness (QED) is 0.797. The van der Waals surface area contributed by atoms with E-state index in [-0.39, 0.29) is 5.97 Å². The van der Waals surface area contributed by atoms with Crippen LogP contribution in [0.5, 0.6) is 0 Å². The van der Waals surface area contributed by atoms with Crippen molar-refractivity contribution in [2.75, 3.05) is 6.61 Å². The molecule has 1 aromatic heterocycles. The first kappa shape index (κ1) is 9.98. The number of rotatable bonds is 2. The van der Waals surface area contributed by atoms with Crippen LogP contribution in [0.15, 0.2) is 18.5 Å². The number of nitrogens with one attached hydrogen (secondary N) is 1. The topological polar surface area (TPSA) is 55.0 Å². The molecule has 1 heterocycles. The number of nitrogens with zero attached hydrogens (tertiary/aromatic N) is 1. The summed E-state index contributed by atoms with van der Waals surface area (Å²) in [6, 6.07) is 3.23. The summed E-state index contributed by atoms with van der Waals surface area (Å²) in [5.74, 6) is -0.379. The fraction of sp³-hybridized carbons (Fsp3) is 0.200. The van der Waals surface area contributed by atoms with Crippen molar-refractivity contribution in [2.45, 2.75) is 6.92 Å². The van der Waals surface area contributed by atoms with Crippen LogP contribution in [0.1, 0.15) is 17.3 Å². The molecule has 0 bridgehead atoms. The highest BCUT2D eigenvalue weighted by molar-refractivity contribution is 6.35. The van der Waals surface area contributed by atoms with Crippen LogP contribution in [0.4, 0.5) is 0 Å². The number of aromatic nitrogens is 2. The lowest BCUT2D eigenvalue weighted by Crippen LogP contribution is -2.04. The van der Waals surface area contributed by atoms with Crippen molar-refractivity contribution in [3.63, 3.8) is 0 Å². The molecular weight excluding hydrogens is 216 g/mol. The van der Waals surface area contributed by atoms with Gasteiger partial charge in [-0.1, -0.05) is 11.6 Å². The zero-order valence-corrected chi connectivity index (χ0v) is 8.84. The standard InChI is InChI=1S/C10H9ClN2O2/c1-2-15-10(14)6-3-7(11)9-8(4-6)12-5-13-9/h3-5H,2H2,1H3,(H,12,13). The SMILES string of the molecule is CCOC(=O)c1cc(Cl)c2nc[nH]c2c1. The summed E-state index contributed by atoms with van der Waals surface area (Å²) in [6.45, 7) is 2.10. The number of halogens is 1. The van der Waals surface area contributed by atoms with E-state index in [1.165, 1.54) is 6.33 Å². The molecule has 0 amide bonds. The van der Waals surface area contributed by atoms with Crippen molar-refractivity contribution in [1.82, 2.24) is 9.97 Å². The van der Waals surface area contributed by atoms with Crippen molar-refractivity contribution in [1.29, 1.82) is 0 Å². The van der Waals surface area contributed by atoms with E-state index in [1.54, 1.807) is 19.1 Å². The summed E-state index contributed by atoms with van der Waals surface area (Å²) in [4.78, 5) is 18.4. The molecule has 4 nitrogen and oxygen atoms in total. The normalized spacial score (nSPS) is 10.5. The second-order valence-corrected chi connectivity index (χ2v) is 3.38. The first-order valence-corrected chi connectivity index (χ1v) is 4.90. The minimum Gasteiger partial charge on any atom is -0.462 e. The van der Waals surface area contributed by atoms with Crippen LogP contribution in [-0.2, 0) is 4.74 Å². The molecule has 1 N–H and O–H groups in total. The van der Waals surface area contributed by atoms with E-state index in [0.29, 0.717) is 22.7 Å². The van der Waals surface area contributed by atoms with Gasteiger partial charge in [-0.25, -0.2) is 9.78 Å². The number of aromatic amines is 1. The molecular formula is C10H9ClN2O2. The van der Waals surface area contributed by atoms with Crippen molar-refractivity contribution in [3.8, 4) is 0 Å². The van der Waals surface area contributed by atoms with Crippen LogP contribution in [0.2, 0.25) is 5.02 Å². The van der Waals surface area contributed by atoms with Crippen LogP contribution in [0.3, 0.4) is 0 Å². The lowest BCUT2D eigenvalue weighted by Gasteiger charge is -2.02. The predicted octanol–water partition coefficient (Wildman–Crippen LogP) is 2.39. The number of ether oxygens (including phenoxy) is 1. The van der Waals surface area contributed by atoms with E-state index in [2.05, 4.69) is 9.97 Å². The summed E-state index contributed by atoms with van der Waals surface area (Å²) in [5.41, 5.74) is 1.81. The Hall–Kier alpha value is -1.55. The highest BCUT2D eigenvalue weighted by Crippen LogP contribution is 2.22. The van der Waals surface area contributed by atoms with Gasteiger partial charge in [-0.05, 0) is 19.1 Å². The molecule has 0 spiro atoms. The third-order valence-electron chi connectivity index (χ3n) is 1.99. The molecule has 5 heteroatoms. The molecule has 0 unspecified atom stereocenters. The molecule has 0 atom stereocenters. The average molecular weight is 225 g/mol. The average Bonchev–Trinajstić information content (AvgIpc) is 2.66. The summed E-state index contributed by atoms with van der Waals surface area (Å²) in [6.07, 6.45) is 1.53. The maximum absolute atomic E-state index is 11.4. The number of H-pyrrole nitrogens is 1. The Balaban J connectivity index is 2.49. The molecule has 0 saturated heterocycles. The molecule has 78 valence electrons. The van der Waals surface area contributed by atoms with Gasteiger partial charge in [0.25, 0.3) is 0 Å². The third kappa shape index (κ3) is 1.80. The van der Waals surface area contributed by atoms with E-state index in [9.17, 15) is 4.79 Å². The van der Waals surface area contributed by atoms with Gasteiger partial charge in [-0.15, -0.1) is 0 Å². The molecule has 0 saturated carbocycles. The fourth-order valence-corrected chi connectivity index (χ4v) is 1.61. The number of carbonyl (C=O) groups is 1. The molecule has 2 aromatic rings. The van der Waals surface area contributed by atoms with Gasteiger partial charge < -0.3 is 9.72 Å². The summed E-state index contributed by atoms with van der Waals surface area (Å²) < 4.78 is 4.88. The summed E-state index contributed by atoms with van der Waals surface area (Å²) in [7, 11) is 0. The van der Waals surface area contributed by atoms with E-state index in [0.717, 1.165) is 5.52 Å². The maximum atomic E-state index is 11.4. The van der Waals surface area contributed by atoms with Gasteiger partial charge in [0.2, 0.25) is 0 Å². The lowest BCUT2D eigenvalue weighted by molar-refractivity contribution is 0.0526. The first-order chi connectivity index (χ1) is 7.22. The van der Waals surface area contributed by atoms with E-state index in [4.69, 9.17) is 16.3 Å². The van der Waals surface area contributed by atoms with Crippen LogP contribution >= 0.6 is 11.6 Å². The fourth-order valence-electron chi connectivity index (χ4n) is 1.34. The Morgan fingerprint density at radius 3 is 3.13 bits per heavy atom. The molecule has 0 aliphatic heterocycles. The van der Waals surface area contributed by atoms with Gasteiger partial charge in [-0.3, -0.25) is 0 Å². The number of esters is 1. The van der Waals surface area contributed by atoms with Crippen LogP contribution in [0.25, 0.3) is 11.0 Å². The third-order valence-corrected chi connectivity index (χ3v) is 2.28. The van der Waals surface area contributed by atoms with Crippen LogP contribution in [0, 0.1) is 0 Å². The molecule has 0 radical (unpaired) electrons. The highest BCUT2D eigenvalue weighted by Gasteiger charge is 2.11. The van der Waals surface area contributed by atoms with E-state index in [1.807, 2.05) is 0 Å². The first-order valence-electron chi connectivity index (χ1n) is 4.52. The second kappa shape index (κ2) is 3.90. The Morgan fingerprint density at radius 2 is 2.40 bits per heavy atom. The monoisotopic (exact) mass is 224 g/mol. The van der Waals surface area contributed by atoms with E-state index < -0.39 is 0 Å². The number of benzene rings is 1. The van der Waals surface area contributed by atoms with Gasteiger partial charge in [0.1, 0.15) is 5.52 Å². The number of fused-ring (bicyclic) bond motifs is 1. The minimum absolute atomic E-state index is 0.345. The number of imidazole rings is 1. The minimum atomic E-state index is -0.379. The second-order valence-electron chi connectivity index (χ2n) is 2.98. The van der Waals surface area contributed by atoms with Crippen molar-refractivity contribution >= 4 is 28.6 Å². The van der Waals surface area contributed by atoms with Gasteiger partial charge in [0.05, 0.1) is 29.0 Å². The molecule has 1 aromatic carbocycles. The lowest BCUT2D eigenvalue weighted by atomic mass is 10.2. The van der Waals surface area contributed by atoms with Gasteiger partial charge in [0.15, 0.2) is 0 Å². The Labute approximate surface area is 91.2 Å². The zero-order valence-electron chi connectivity index (χ0n) is 8.08. The van der Waals surface area contributed by atoms with Crippen LogP contribution < -0.4 is 0 Å². The number of hydrogen-bond acceptors (Lipinski definition) is 3. The molecule has 0 fully saturated rings. The predicted molar refractivity (Wildman–Crippen MR) is 57.1 cm³/mol. The molecule has 15 heavy (non-hydrogen) atoms. The van der Waals surface area contributed by atoms with E-state index >= 15 is 0 Å². The van der Waals surface area contributed by atoms with Crippen molar-refractivity contribution in [3.05, 3.63) is 29.0 Å². The van der Waals surface area contributed by atoms with Gasteiger partial charge in [0, 0.05) is 0 Å². The summed E-state index contributed by atoms with van der Waals surface area (Å²) >= 11 is 5.96. The zero-order chi connectivity index (χ0) is 10.8. The molecule has 2 rings (SSSR count). The Kier molecular flexibility index (Phi) is 2.60. The van der Waals surface area contributed by atoms with Crippen LogP contribution in [-0.4, -0.2) is 22.5 Å². The van der Waals surface area contributed by atoms with Crippen molar-refractivity contribution < 1.29 is 9.53 Å². The summed E-state index contributed by atoms with van der Waals surface area (Å²) in [5, 5.41) is 0.441. The largest absolute Gasteiger partial charge is 0.462 e. The Bertz CT molecular complexity index is 507. The molecule has 0 aliphatic carbocycles. The maximum Gasteiger partial charge on any atom is 0.338 e. The number of carbonyl (C=O) groups excluding carboxylic acids is 1. The van der Waals surface area contributed by atoms with Gasteiger partial charge >= 0.3 is 5.97 Å². The van der Waals surface area contributed by atoms with Gasteiger partial charge in [-0.2, -0.15) is 0 Å². The highest BCUT2D eigenvalue weighted by atomic mass is 35.5. The Morgan fingerprint density at radius 1 is 1.60 bits per heavy atom. The smallest absolute Gasteiger partial charge is 0.338 e. The number of hydrogen-bond donors (Lipinski definition) is 1. The van der Waals surface area contributed by atoms with Crippen molar-refractivity contribution in [2.24, 2.45) is 0 Å². The molecule has 0 aliphatic rings.